The van der Waals surface area contributed by atoms with Gasteiger partial charge in [0.1, 0.15) is 0 Å². The van der Waals surface area contributed by atoms with Crippen molar-refractivity contribution in [3.8, 4) is 0 Å². The maximum atomic E-state index is 11.4. The number of amides is 1. The van der Waals surface area contributed by atoms with E-state index in [0.717, 1.165) is 32.2 Å². The molecule has 0 fully saturated rings. The average molecular weight is 234 g/mol. The van der Waals surface area contributed by atoms with Gasteiger partial charge in [0.05, 0.1) is 0 Å². The van der Waals surface area contributed by atoms with Gasteiger partial charge in [-0.2, -0.15) is 0 Å². The molecule has 0 saturated heterocycles. The molecule has 0 aromatic heterocycles. The third kappa shape index (κ3) is 8.73. The van der Waals surface area contributed by atoms with Crippen LogP contribution in [0.5, 0.6) is 0 Å². The fourth-order valence-corrected chi connectivity index (χ4v) is 1.53. The van der Waals surface area contributed by atoms with Crippen LogP contribution >= 0.6 is 11.6 Å². The highest BCUT2D eigenvalue weighted by Crippen LogP contribution is 2.21. The monoisotopic (exact) mass is 233 g/mol. The molecule has 2 nitrogen and oxygen atoms in total. The number of carbonyl (C=O) groups is 1. The summed E-state index contributed by atoms with van der Waals surface area (Å²) < 4.78 is 0. The quantitative estimate of drug-likeness (QED) is 0.641. The molecule has 0 rings (SSSR count). The van der Waals surface area contributed by atoms with E-state index in [2.05, 4.69) is 26.1 Å². The van der Waals surface area contributed by atoms with Gasteiger partial charge in [-0.1, -0.05) is 27.2 Å². The first-order valence-electron chi connectivity index (χ1n) is 5.84. The van der Waals surface area contributed by atoms with E-state index in [0.29, 0.717) is 12.3 Å². The zero-order valence-corrected chi connectivity index (χ0v) is 11.0. The molecule has 0 atom stereocenters. The highest BCUT2D eigenvalue weighted by molar-refractivity contribution is 6.17. The lowest BCUT2D eigenvalue weighted by Gasteiger charge is -2.24. The maximum Gasteiger partial charge on any atom is 0.220 e. The number of hydrogen-bond donors (Lipinski definition) is 1. The van der Waals surface area contributed by atoms with Gasteiger partial charge in [0.25, 0.3) is 0 Å². The summed E-state index contributed by atoms with van der Waals surface area (Å²) in [7, 11) is 0. The van der Waals surface area contributed by atoms with Crippen LogP contribution in [0.3, 0.4) is 0 Å². The Kier molecular flexibility index (Phi) is 7.85. The lowest BCUT2D eigenvalue weighted by Crippen LogP contribution is -2.33. The SMILES string of the molecule is CCCCC(=O)NCC(C)(C)CCCCl. The van der Waals surface area contributed by atoms with Crippen molar-refractivity contribution in [2.24, 2.45) is 5.41 Å². The molecule has 0 heterocycles. The standard InChI is InChI=1S/C12H24ClNO/c1-4-5-7-11(15)14-10-12(2,3)8-6-9-13/h4-10H2,1-3H3,(H,14,15). The topological polar surface area (TPSA) is 29.1 Å². The maximum absolute atomic E-state index is 11.4. The van der Waals surface area contributed by atoms with E-state index in [1.54, 1.807) is 0 Å². The predicted octanol–water partition coefficient (Wildman–Crippen LogP) is 3.34. The van der Waals surface area contributed by atoms with Gasteiger partial charge in [0.15, 0.2) is 0 Å². The Morgan fingerprint density at radius 3 is 2.53 bits per heavy atom. The van der Waals surface area contributed by atoms with Crippen LogP contribution in [0.2, 0.25) is 0 Å². The van der Waals surface area contributed by atoms with Crippen LogP contribution in [-0.4, -0.2) is 18.3 Å². The van der Waals surface area contributed by atoms with E-state index in [-0.39, 0.29) is 11.3 Å². The van der Waals surface area contributed by atoms with E-state index in [1.165, 1.54) is 0 Å². The molecule has 0 aromatic rings. The fraction of sp³-hybridized carbons (Fsp3) is 0.917. The van der Waals surface area contributed by atoms with E-state index < -0.39 is 0 Å². The van der Waals surface area contributed by atoms with Gasteiger partial charge >= 0.3 is 0 Å². The molecule has 0 spiro atoms. The molecular weight excluding hydrogens is 210 g/mol. The number of halogens is 1. The van der Waals surface area contributed by atoms with Crippen molar-refractivity contribution in [2.45, 2.75) is 52.9 Å². The number of nitrogens with one attached hydrogen (secondary N) is 1. The predicted molar refractivity (Wildman–Crippen MR) is 66.3 cm³/mol. The van der Waals surface area contributed by atoms with Crippen molar-refractivity contribution in [1.29, 1.82) is 0 Å². The first-order valence-corrected chi connectivity index (χ1v) is 6.38. The summed E-state index contributed by atoms with van der Waals surface area (Å²) in [5.74, 6) is 0.878. The van der Waals surface area contributed by atoms with Gasteiger partial charge in [-0.25, -0.2) is 0 Å². The van der Waals surface area contributed by atoms with Crippen molar-refractivity contribution in [3.63, 3.8) is 0 Å². The molecular formula is C12H24ClNO. The Bertz CT molecular complexity index is 180. The number of alkyl halides is 1. The zero-order chi connectivity index (χ0) is 11.7. The van der Waals surface area contributed by atoms with Crippen LogP contribution in [0.4, 0.5) is 0 Å². The zero-order valence-electron chi connectivity index (χ0n) is 10.2. The Hall–Kier alpha value is -0.240. The first kappa shape index (κ1) is 14.8. The lowest BCUT2D eigenvalue weighted by molar-refractivity contribution is -0.121. The minimum atomic E-state index is 0.163. The molecule has 0 unspecified atom stereocenters. The van der Waals surface area contributed by atoms with Gasteiger partial charge in [-0.15, -0.1) is 11.6 Å². The molecule has 15 heavy (non-hydrogen) atoms. The number of hydrogen-bond acceptors (Lipinski definition) is 1. The minimum Gasteiger partial charge on any atom is -0.356 e. The molecule has 1 N–H and O–H groups in total. The number of unbranched alkanes of at least 4 members (excludes halogenated alkanes) is 1. The van der Waals surface area contributed by atoms with Crippen LogP contribution in [0.15, 0.2) is 0 Å². The van der Waals surface area contributed by atoms with E-state index in [4.69, 9.17) is 11.6 Å². The largest absolute Gasteiger partial charge is 0.356 e. The third-order valence-corrected chi connectivity index (χ3v) is 2.78. The summed E-state index contributed by atoms with van der Waals surface area (Å²) in [5, 5.41) is 2.98. The molecule has 3 heteroatoms. The van der Waals surface area contributed by atoms with Gasteiger partial charge in [-0.3, -0.25) is 4.79 Å². The summed E-state index contributed by atoms with van der Waals surface area (Å²) in [4.78, 5) is 11.4. The first-order chi connectivity index (χ1) is 7.02. The summed E-state index contributed by atoms with van der Waals surface area (Å²) in [6.07, 6.45) is 4.78. The highest BCUT2D eigenvalue weighted by Gasteiger charge is 2.17. The fourth-order valence-electron chi connectivity index (χ4n) is 1.40. The Balaban J connectivity index is 3.67. The molecule has 0 bridgehead atoms. The van der Waals surface area contributed by atoms with Crippen molar-refractivity contribution in [3.05, 3.63) is 0 Å². The second-order valence-electron chi connectivity index (χ2n) is 4.84. The smallest absolute Gasteiger partial charge is 0.220 e. The molecule has 0 aromatic carbocycles. The molecule has 0 radical (unpaired) electrons. The van der Waals surface area contributed by atoms with E-state index in [1.807, 2.05) is 0 Å². The lowest BCUT2D eigenvalue weighted by atomic mass is 9.88. The normalized spacial score (nSPS) is 11.5. The van der Waals surface area contributed by atoms with Gasteiger partial charge in [0, 0.05) is 18.8 Å². The molecule has 0 aliphatic rings. The molecule has 1 amide bonds. The minimum absolute atomic E-state index is 0.163. The van der Waals surface area contributed by atoms with Crippen molar-refractivity contribution >= 4 is 17.5 Å². The van der Waals surface area contributed by atoms with E-state index in [9.17, 15) is 4.79 Å². The number of rotatable bonds is 8. The van der Waals surface area contributed by atoms with Gasteiger partial charge < -0.3 is 5.32 Å². The molecule has 0 aliphatic carbocycles. The average Bonchev–Trinajstić information content (AvgIpc) is 2.21. The summed E-state index contributed by atoms with van der Waals surface area (Å²) in [6.45, 7) is 7.18. The van der Waals surface area contributed by atoms with Gasteiger partial charge in [-0.05, 0) is 24.7 Å². The summed E-state index contributed by atoms with van der Waals surface area (Å²) in [5.41, 5.74) is 0.163. The highest BCUT2D eigenvalue weighted by atomic mass is 35.5. The second-order valence-corrected chi connectivity index (χ2v) is 5.21. The van der Waals surface area contributed by atoms with E-state index >= 15 is 0 Å². The third-order valence-electron chi connectivity index (χ3n) is 2.51. The van der Waals surface area contributed by atoms with Crippen molar-refractivity contribution < 1.29 is 4.79 Å². The van der Waals surface area contributed by atoms with Crippen LogP contribution in [0.25, 0.3) is 0 Å². The van der Waals surface area contributed by atoms with Crippen LogP contribution in [0.1, 0.15) is 52.9 Å². The summed E-state index contributed by atoms with van der Waals surface area (Å²) in [6, 6.07) is 0. The number of carbonyl (C=O) groups excluding carboxylic acids is 1. The Morgan fingerprint density at radius 1 is 1.33 bits per heavy atom. The molecule has 0 saturated carbocycles. The van der Waals surface area contributed by atoms with Crippen molar-refractivity contribution in [1.82, 2.24) is 5.32 Å². The van der Waals surface area contributed by atoms with Crippen LogP contribution < -0.4 is 5.32 Å². The molecule has 90 valence electrons. The molecule has 0 aliphatic heterocycles. The van der Waals surface area contributed by atoms with Crippen LogP contribution in [-0.2, 0) is 4.79 Å². The Morgan fingerprint density at radius 2 is 2.00 bits per heavy atom. The van der Waals surface area contributed by atoms with Crippen LogP contribution in [0, 0.1) is 5.41 Å². The second kappa shape index (κ2) is 7.98. The van der Waals surface area contributed by atoms with Gasteiger partial charge in [0.2, 0.25) is 5.91 Å². The summed E-state index contributed by atoms with van der Waals surface area (Å²) >= 11 is 5.65. The Labute approximate surface area is 98.8 Å². The van der Waals surface area contributed by atoms with Crippen molar-refractivity contribution in [2.75, 3.05) is 12.4 Å².